The third kappa shape index (κ3) is 3.34. The zero-order valence-corrected chi connectivity index (χ0v) is 17.8. The van der Waals surface area contributed by atoms with Crippen LogP contribution < -0.4 is 5.73 Å². The van der Waals surface area contributed by atoms with Crippen molar-refractivity contribution in [2.24, 2.45) is 5.73 Å². The maximum Gasteiger partial charge on any atom is 0.249 e. The summed E-state index contributed by atoms with van der Waals surface area (Å²) in [6, 6.07) is 24.0. The molecule has 0 aliphatic heterocycles. The summed E-state index contributed by atoms with van der Waals surface area (Å²) in [5.41, 5.74) is 10.4. The molecule has 0 unspecified atom stereocenters. The van der Waals surface area contributed by atoms with Crippen molar-refractivity contribution in [3.63, 3.8) is 0 Å². The Morgan fingerprint density at radius 2 is 1.77 bits per heavy atom. The number of amides is 1. The minimum Gasteiger partial charge on any atom is -0.366 e. The van der Waals surface area contributed by atoms with Crippen LogP contribution in [0, 0.1) is 6.07 Å². The highest BCUT2D eigenvalue weighted by Gasteiger charge is 2.18. The fraction of sp³-hybridized carbons (Fsp3) is 0.0400. The minimum absolute atomic E-state index is 0.460. The zero-order chi connectivity index (χ0) is 21.5. The first-order valence-corrected chi connectivity index (χ1v) is 10.4. The largest absolute Gasteiger partial charge is 0.366 e. The van der Waals surface area contributed by atoms with Gasteiger partial charge in [-0.3, -0.25) is 9.78 Å². The minimum atomic E-state index is -0.478. The van der Waals surface area contributed by atoms with E-state index >= 15 is 0 Å². The SMILES string of the molecule is NC(=O)c1cccc2c1c1[c]cc(-c3c(Cl)cccc3Cl)cc1n2Cc1ccccn1. The van der Waals surface area contributed by atoms with E-state index in [9.17, 15) is 4.79 Å². The van der Waals surface area contributed by atoms with Crippen molar-refractivity contribution < 1.29 is 4.79 Å². The van der Waals surface area contributed by atoms with Crippen LogP contribution in [0.2, 0.25) is 10.0 Å². The quantitative estimate of drug-likeness (QED) is 0.363. The van der Waals surface area contributed by atoms with Gasteiger partial charge >= 0.3 is 0 Å². The lowest BCUT2D eigenvalue weighted by atomic mass is 10.0. The number of nitrogens with zero attached hydrogens (tertiary/aromatic N) is 2. The molecular weight excluding hydrogens is 429 g/mol. The molecule has 0 aliphatic carbocycles. The summed E-state index contributed by atoms with van der Waals surface area (Å²) < 4.78 is 2.12. The van der Waals surface area contributed by atoms with Crippen LogP contribution in [0.5, 0.6) is 0 Å². The summed E-state index contributed by atoms with van der Waals surface area (Å²) in [5, 5.41) is 2.71. The molecule has 0 atom stereocenters. The van der Waals surface area contributed by atoms with Gasteiger partial charge in [-0.15, -0.1) is 0 Å². The van der Waals surface area contributed by atoms with Gasteiger partial charge < -0.3 is 10.3 Å². The standard InChI is InChI=1S/C25H16Cl2N3O/c26-19-7-4-8-20(27)23(19)15-10-11-17-22(13-15)30(14-16-5-1-2-12-29-16)21-9-3-6-18(24(17)21)25(28)31/h1-10,12-13H,14H2,(H2,28,31). The van der Waals surface area contributed by atoms with Gasteiger partial charge in [-0.1, -0.05) is 41.4 Å². The Kier molecular flexibility index (Phi) is 4.89. The average molecular weight is 445 g/mol. The van der Waals surface area contributed by atoms with Crippen molar-refractivity contribution in [3.05, 3.63) is 100 Å². The topological polar surface area (TPSA) is 60.9 Å². The van der Waals surface area contributed by atoms with E-state index in [-0.39, 0.29) is 0 Å². The van der Waals surface area contributed by atoms with Gasteiger partial charge in [0.2, 0.25) is 5.91 Å². The number of rotatable bonds is 4. The smallest absolute Gasteiger partial charge is 0.249 e. The van der Waals surface area contributed by atoms with Crippen LogP contribution in [0.1, 0.15) is 16.1 Å². The highest BCUT2D eigenvalue weighted by Crippen LogP contribution is 2.38. The summed E-state index contributed by atoms with van der Waals surface area (Å²) in [4.78, 5) is 16.6. The van der Waals surface area contributed by atoms with Crippen LogP contribution in [0.25, 0.3) is 32.9 Å². The second-order valence-electron chi connectivity index (χ2n) is 7.22. The van der Waals surface area contributed by atoms with Crippen LogP contribution in [-0.4, -0.2) is 15.5 Å². The number of primary amides is 1. The maximum atomic E-state index is 12.2. The Bertz CT molecular complexity index is 1440. The Morgan fingerprint density at radius 1 is 1.00 bits per heavy atom. The highest BCUT2D eigenvalue weighted by atomic mass is 35.5. The number of carbonyl (C=O) groups is 1. The second kappa shape index (κ2) is 7.73. The first kappa shape index (κ1) is 19.6. The molecule has 0 spiro atoms. The molecule has 5 aromatic rings. The predicted molar refractivity (Wildman–Crippen MR) is 126 cm³/mol. The van der Waals surface area contributed by atoms with Gasteiger partial charge in [-0.2, -0.15) is 0 Å². The maximum absolute atomic E-state index is 12.2. The van der Waals surface area contributed by atoms with Gasteiger partial charge in [0, 0.05) is 38.1 Å². The monoisotopic (exact) mass is 444 g/mol. The second-order valence-corrected chi connectivity index (χ2v) is 8.03. The van der Waals surface area contributed by atoms with Crippen molar-refractivity contribution >= 4 is 50.9 Å². The van der Waals surface area contributed by atoms with Crippen molar-refractivity contribution in [2.75, 3.05) is 0 Å². The third-order valence-corrected chi connectivity index (χ3v) is 5.99. The first-order chi connectivity index (χ1) is 15.0. The number of halogens is 2. The summed E-state index contributed by atoms with van der Waals surface area (Å²) >= 11 is 12.9. The number of aromatic nitrogens is 2. The molecular formula is C25H16Cl2N3O. The molecule has 0 saturated carbocycles. The lowest BCUT2D eigenvalue weighted by Gasteiger charge is -2.10. The molecule has 0 fully saturated rings. The number of carbonyl (C=O) groups excluding carboxylic acids is 1. The van der Waals surface area contributed by atoms with Gasteiger partial charge in [-0.25, -0.2) is 0 Å². The normalized spacial score (nSPS) is 11.3. The number of benzene rings is 3. The molecule has 3 aromatic carbocycles. The third-order valence-electron chi connectivity index (χ3n) is 5.36. The predicted octanol–water partition coefficient (Wildman–Crippen LogP) is 6.11. The molecule has 2 aromatic heterocycles. The molecule has 2 heterocycles. The van der Waals surface area contributed by atoms with Crippen molar-refractivity contribution in [2.45, 2.75) is 6.54 Å². The molecule has 31 heavy (non-hydrogen) atoms. The summed E-state index contributed by atoms with van der Waals surface area (Å²) in [5.74, 6) is -0.478. The molecule has 4 nitrogen and oxygen atoms in total. The molecule has 0 aliphatic rings. The Morgan fingerprint density at radius 3 is 2.48 bits per heavy atom. The van der Waals surface area contributed by atoms with Crippen LogP contribution in [-0.2, 0) is 6.54 Å². The van der Waals surface area contributed by atoms with Gasteiger partial charge in [0.25, 0.3) is 0 Å². The van der Waals surface area contributed by atoms with E-state index in [4.69, 9.17) is 28.9 Å². The van der Waals surface area contributed by atoms with E-state index in [2.05, 4.69) is 15.6 Å². The van der Waals surface area contributed by atoms with Crippen LogP contribution >= 0.6 is 23.2 Å². The number of hydrogen-bond acceptors (Lipinski definition) is 2. The van der Waals surface area contributed by atoms with Gasteiger partial charge in [0.1, 0.15) is 0 Å². The number of hydrogen-bond donors (Lipinski definition) is 1. The highest BCUT2D eigenvalue weighted by molar-refractivity contribution is 6.39. The van der Waals surface area contributed by atoms with Gasteiger partial charge in [0.05, 0.1) is 23.3 Å². The number of nitrogens with two attached hydrogens (primary N) is 1. The van der Waals surface area contributed by atoms with Crippen molar-refractivity contribution in [1.82, 2.24) is 9.55 Å². The Balaban J connectivity index is 1.84. The van der Waals surface area contributed by atoms with Gasteiger partial charge in [-0.05, 0) is 60.2 Å². The molecule has 151 valence electrons. The van der Waals surface area contributed by atoms with Crippen LogP contribution in [0.15, 0.2) is 72.9 Å². The number of pyridine rings is 1. The number of fused-ring (bicyclic) bond motifs is 3. The van der Waals surface area contributed by atoms with E-state index in [1.54, 1.807) is 12.3 Å². The molecule has 2 N–H and O–H groups in total. The molecule has 0 bridgehead atoms. The van der Waals surface area contributed by atoms with E-state index in [0.29, 0.717) is 22.2 Å². The Hall–Kier alpha value is -3.34. The molecule has 0 saturated heterocycles. The van der Waals surface area contributed by atoms with Crippen molar-refractivity contribution in [3.8, 4) is 11.1 Å². The van der Waals surface area contributed by atoms with Crippen LogP contribution in [0.3, 0.4) is 0 Å². The van der Waals surface area contributed by atoms with Crippen LogP contribution in [0.4, 0.5) is 0 Å². The lowest BCUT2D eigenvalue weighted by Crippen LogP contribution is -2.11. The zero-order valence-electron chi connectivity index (χ0n) is 16.3. The lowest BCUT2D eigenvalue weighted by molar-refractivity contribution is 0.100. The summed E-state index contributed by atoms with van der Waals surface area (Å²) in [6.07, 6.45) is 1.76. The van der Waals surface area contributed by atoms with E-state index in [1.165, 1.54) is 0 Å². The van der Waals surface area contributed by atoms with Crippen molar-refractivity contribution in [1.29, 1.82) is 0 Å². The molecule has 1 radical (unpaired) electrons. The molecule has 1 amide bonds. The van der Waals surface area contributed by atoms with Gasteiger partial charge in [0.15, 0.2) is 0 Å². The molecule has 5 rings (SSSR count). The average Bonchev–Trinajstić information content (AvgIpc) is 3.07. The van der Waals surface area contributed by atoms with E-state index in [1.807, 2.05) is 60.7 Å². The van der Waals surface area contributed by atoms with E-state index < -0.39 is 5.91 Å². The fourth-order valence-corrected chi connectivity index (χ4v) is 4.62. The molecule has 6 heteroatoms. The first-order valence-electron chi connectivity index (χ1n) is 9.65. The summed E-state index contributed by atoms with van der Waals surface area (Å²) in [6.45, 7) is 0.524. The fourth-order valence-electron chi connectivity index (χ4n) is 4.00. The Labute approximate surface area is 188 Å². The van der Waals surface area contributed by atoms with E-state index in [0.717, 1.165) is 38.6 Å². The summed E-state index contributed by atoms with van der Waals surface area (Å²) in [7, 11) is 0.